The number of nitrogens with one attached hydrogen (secondary N) is 2. The first kappa shape index (κ1) is 22.0. The second-order valence-corrected chi connectivity index (χ2v) is 6.20. The summed E-state index contributed by atoms with van der Waals surface area (Å²) in [6, 6.07) is 9.05. The van der Waals surface area contributed by atoms with E-state index in [1.807, 2.05) is 14.0 Å². The molecule has 0 amide bonds. The Balaban J connectivity index is 0.00000312. The predicted octanol–water partition coefficient (Wildman–Crippen LogP) is 3.56. The molecule has 1 unspecified atom stereocenters. The zero-order valence-corrected chi connectivity index (χ0v) is 18.1. The third-order valence-corrected chi connectivity index (χ3v) is 4.38. The van der Waals surface area contributed by atoms with Crippen molar-refractivity contribution < 1.29 is 4.74 Å². The van der Waals surface area contributed by atoms with Gasteiger partial charge in [-0.05, 0) is 50.8 Å². The largest absolute Gasteiger partial charge is 0.382 e. The van der Waals surface area contributed by atoms with Gasteiger partial charge in [0.25, 0.3) is 0 Å². The van der Waals surface area contributed by atoms with Crippen molar-refractivity contribution in [2.45, 2.75) is 39.2 Å². The highest BCUT2D eigenvalue weighted by molar-refractivity contribution is 14.0. The number of guanidine groups is 1. The average Bonchev–Trinajstić information content (AvgIpc) is 3.15. The van der Waals surface area contributed by atoms with Gasteiger partial charge in [-0.2, -0.15) is 0 Å². The van der Waals surface area contributed by atoms with Crippen LogP contribution in [0.25, 0.3) is 0 Å². The van der Waals surface area contributed by atoms with E-state index in [9.17, 15) is 0 Å². The number of anilines is 1. The number of halogens is 1. The van der Waals surface area contributed by atoms with Crippen LogP contribution in [0.1, 0.15) is 44.7 Å². The number of nitrogens with zero attached hydrogens (tertiary/aromatic N) is 2. The number of benzene rings is 1. The molecule has 1 aromatic rings. The first-order valence-electron chi connectivity index (χ1n) is 9.14. The third kappa shape index (κ3) is 7.40. The summed E-state index contributed by atoms with van der Waals surface area (Å²) in [5.41, 5.74) is 2.62. The molecule has 1 saturated heterocycles. The lowest BCUT2D eigenvalue weighted by Crippen LogP contribution is -2.39. The van der Waals surface area contributed by atoms with Crippen LogP contribution in [0.15, 0.2) is 29.3 Å². The third-order valence-electron chi connectivity index (χ3n) is 4.38. The highest BCUT2D eigenvalue weighted by Gasteiger charge is 2.14. The van der Waals surface area contributed by atoms with Crippen molar-refractivity contribution in [2.24, 2.45) is 4.99 Å². The van der Waals surface area contributed by atoms with Gasteiger partial charge in [0.15, 0.2) is 5.96 Å². The van der Waals surface area contributed by atoms with E-state index in [-0.39, 0.29) is 30.0 Å². The molecule has 142 valence electrons. The molecule has 5 nitrogen and oxygen atoms in total. The van der Waals surface area contributed by atoms with Crippen molar-refractivity contribution in [1.82, 2.24) is 10.6 Å². The van der Waals surface area contributed by atoms with Gasteiger partial charge in [-0.1, -0.05) is 12.1 Å². The maximum absolute atomic E-state index is 5.36. The number of hydrogen-bond acceptors (Lipinski definition) is 3. The van der Waals surface area contributed by atoms with Crippen molar-refractivity contribution >= 4 is 35.6 Å². The fourth-order valence-electron chi connectivity index (χ4n) is 2.97. The Morgan fingerprint density at radius 2 is 2.08 bits per heavy atom. The predicted molar refractivity (Wildman–Crippen MR) is 117 cm³/mol. The van der Waals surface area contributed by atoms with E-state index >= 15 is 0 Å². The summed E-state index contributed by atoms with van der Waals surface area (Å²) in [5.74, 6) is 0.838. The van der Waals surface area contributed by atoms with Crippen LogP contribution in [0.3, 0.4) is 0 Å². The minimum absolute atomic E-state index is 0. The zero-order valence-electron chi connectivity index (χ0n) is 15.8. The van der Waals surface area contributed by atoms with Gasteiger partial charge >= 0.3 is 0 Å². The Morgan fingerprint density at radius 1 is 1.32 bits per heavy atom. The van der Waals surface area contributed by atoms with Crippen LogP contribution in [0.4, 0.5) is 5.69 Å². The monoisotopic (exact) mass is 460 g/mol. The molecule has 0 aromatic heterocycles. The van der Waals surface area contributed by atoms with Gasteiger partial charge in [0.2, 0.25) is 0 Å². The summed E-state index contributed by atoms with van der Waals surface area (Å²) < 4.78 is 5.36. The van der Waals surface area contributed by atoms with E-state index in [1.165, 1.54) is 37.2 Å². The van der Waals surface area contributed by atoms with Crippen molar-refractivity contribution in [3.05, 3.63) is 29.8 Å². The number of rotatable bonds is 8. The Kier molecular flexibility index (Phi) is 10.9. The van der Waals surface area contributed by atoms with Gasteiger partial charge in [0, 0.05) is 45.6 Å². The first-order chi connectivity index (χ1) is 11.7. The number of aliphatic imine (C=N–C) groups is 1. The zero-order chi connectivity index (χ0) is 17.2. The molecule has 0 bridgehead atoms. The Labute approximate surface area is 169 Å². The smallest absolute Gasteiger partial charge is 0.191 e. The summed E-state index contributed by atoms with van der Waals surface area (Å²) in [6.45, 7) is 8.97. The standard InChI is InChI=1S/C19H32N4O.HI/c1-4-24-14-8-11-21-19(20-3)22-16(2)17-9-7-10-18(15-17)23-12-5-6-13-23;/h7,9-10,15-16H,4-6,8,11-14H2,1-3H3,(H2,20,21,22);1H. The maximum Gasteiger partial charge on any atom is 0.191 e. The summed E-state index contributed by atoms with van der Waals surface area (Å²) >= 11 is 0. The molecule has 1 aliphatic heterocycles. The van der Waals surface area contributed by atoms with E-state index < -0.39 is 0 Å². The molecule has 0 saturated carbocycles. The van der Waals surface area contributed by atoms with Crippen molar-refractivity contribution in [1.29, 1.82) is 0 Å². The first-order valence-corrected chi connectivity index (χ1v) is 9.14. The van der Waals surface area contributed by atoms with Crippen molar-refractivity contribution in [3.63, 3.8) is 0 Å². The molecular formula is C19H33IN4O. The van der Waals surface area contributed by atoms with Crippen LogP contribution in [-0.4, -0.2) is 45.9 Å². The van der Waals surface area contributed by atoms with Crippen LogP contribution in [0, 0.1) is 0 Å². The van der Waals surface area contributed by atoms with E-state index in [0.717, 1.165) is 32.1 Å². The van der Waals surface area contributed by atoms with E-state index in [0.29, 0.717) is 0 Å². The topological polar surface area (TPSA) is 48.9 Å². The lowest BCUT2D eigenvalue weighted by Gasteiger charge is -2.22. The molecule has 25 heavy (non-hydrogen) atoms. The van der Waals surface area contributed by atoms with E-state index in [4.69, 9.17) is 4.74 Å². The van der Waals surface area contributed by atoms with Gasteiger partial charge in [-0.3, -0.25) is 4.99 Å². The molecule has 0 radical (unpaired) electrons. The molecule has 1 heterocycles. The summed E-state index contributed by atoms with van der Waals surface area (Å²) in [5, 5.41) is 6.82. The molecule has 1 fully saturated rings. The van der Waals surface area contributed by atoms with Gasteiger partial charge < -0.3 is 20.3 Å². The maximum atomic E-state index is 5.36. The summed E-state index contributed by atoms with van der Waals surface area (Å²) in [7, 11) is 1.81. The van der Waals surface area contributed by atoms with Crippen molar-refractivity contribution in [2.75, 3.05) is 44.8 Å². The summed E-state index contributed by atoms with van der Waals surface area (Å²) in [4.78, 5) is 6.78. The Hall–Kier alpha value is -1.02. The van der Waals surface area contributed by atoms with E-state index in [2.05, 4.69) is 51.7 Å². The Bertz CT molecular complexity index is 518. The highest BCUT2D eigenvalue weighted by Crippen LogP contribution is 2.23. The van der Waals surface area contributed by atoms with Crippen LogP contribution in [-0.2, 0) is 4.74 Å². The SMILES string of the molecule is CCOCCCNC(=NC)NC(C)c1cccc(N2CCCC2)c1.I. The van der Waals surface area contributed by atoms with Crippen LogP contribution in [0.2, 0.25) is 0 Å². The lowest BCUT2D eigenvalue weighted by molar-refractivity contribution is 0.145. The Morgan fingerprint density at radius 3 is 2.76 bits per heavy atom. The molecule has 1 aromatic carbocycles. The quantitative estimate of drug-likeness (QED) is 0.270. The van der Waals surface area contributed by atoms with Gasteiger partial charge in [0.05, 0.1) is 6.04 Å². The minimum Gasteiger partial charge on any atom is -0.382 e. The molecule has 0 aliphatic carbocycles. The molecule has 2 N–H and O–H groups in total. The van der Waals surface area contributed by atoms with Gasteiger partial charge in [-0.15, -0.1) is 24.0 Å². The average molecular weight is 460 g/mol. The molecule has 2 rings (SSSR count). The number of ether oxygens (including phenoxy) is 1. The molecule has 1 atom stereocenters. The normalized spacial score (nSPS) is 15.6. The van der Waals surface area contributed by atoms with Crippen LogP contribution < -0.4 is 15.5 Å². The molecule has 0 spiro atoms. The lowest BCUT2D eigenvalue weighted by atomic mass is 10.1. The fraction of sp³-hybridized carbons (Fsp3) is 0.632. The molecular weight excluding hydrogens is 427 g/mol. The second kappa shape index (κ2) is 12.4. The molecule has 1 aliphatic rings. The minimum atomic E-state index is 0. The van der Waals surface area contributed by atoms with E-state index in [1.54, 1.807) is 0 Å². The number of hydrogen-bond donors (Lipinski definition) is 2. The van der Waals surface area contributed by atoms with Crippen LogP contribution in [0.5, 0.6) is 0 Å². The van der Waals surface area contributed by atoms with Gasteiger partial charge in [0.1, 0.15) is 0 Å². The second-order valence-electron chi connectivity index (χ2n) is 6.20. The van der Waals surface area contributed by atoms with Crippen LogP contribution >= 0.6 is 24.0 Å². The molecule has 6 heteroatoms. The highest BCUT2D eigenvalue weighted by atomic mass is 127. The fourth-order valence-corrected chi connectivity index (χ4v) is 2.97. The van der Waals surface area contributed by atoms with Gasteiger partial charge in [-0.25, -0.2) is 0 Å². The summed E-state index contributed by atoms with van der Waals surface area (Å²) in [6.07, 6.45) is 3.58. The van der Waals surface area contributed by atoms with Crippen molar-refractivity contribution in [3.8, 4) is 0 Å².